The van der Waals surface area contributed by atoms with Crippen molar-refractivity contribution in [2.24, 2.45) is 5.73 Å². The van der Waals surface area contributed by atoms with Gasteiger partial charge in [-0.1, -0.05) is 30.3 Å². The first-order valence-corrected chi connectivity index (χ1v) is 9.10. The second-order valence-electron chi connectivity index (χ2n) is 5.11. The number of hydrogen-bond donors (Lipinski definition) is 1. The fraction of sp³-hybridized carbons (Fsp3) is 0.333. The molecule has 0 aliphatic carbocycles. The second kappa shape index (κ2) is 6.70. The highest BCUT2D eigenvalue weighted by Gasteiger charge is 2.28. The van der Waals surface area contributed by atoms with Gasteiger partial charge in [0.05, 0.1) is 0 Å². The minimum absolute atomic E-state index is 0.112. The van der Waals surface area contributed by atoms with Crippen LogP contribution in [-0.2, 0) is 23.1 Å². The molecular formula is C15H20N2O2S2. The lowest BCUT2D eigenvalue weighted by molar-refractivity contribution is 0.349. The summed E-state index contributed by atoms with van der Waals surface area (Å²) in [6.45, 7) is 4.50. The summed E-state index contributed by atoms with van der Waals surface area (Å²) >= 11 is 1.23. The highest BCUT2D eigenvalue weighted by molar-refractivity contribution is 7.91. The summed E-state index contributed by atoms with van der Waals surface area (Å²) in [6.07, 6.45) is 0. The normalized spacial score (nSPS) is 12.2. The van der Waals surface area contributed by atoms with Crippen LogP contribution in [0.1, 0.15) is 25.0 Å². The van der Waals surface area contributed by atoms with Gasteiger partial charge in [-0.15, -0.1) is 11.3 Å². The van der Waals surface area contributed by atoms with Gasteiger partial charge in [0.1, 0.15) is 4.21 Å². The summed E-state index contributed by atoms with van der Waals surface area (Å²) < 4.78 is 27.5. The van der Waals surface area contributed by atoms with Crippen molar-refractivity contribution in [1.82, 2.24) is 4.31 Å². The Bertz CT molecular complexity index is 679. The Hall–Kier alpha value is -1.21. The first-order valence-electron chi connectivity index (χ1n) is 6.78. The van der Waals surface area contributed by atoms with E-state index in [9.17, 15) is 8.42 Å². The maximum absolute atomic E-state index is 12.8. The van der Waals surface area contributed by atoms with E-state index in [4.69, 9.17) is 5.73 Å². The summed E-state index contributed by atoms with van der Waals surface area (Å²) in [5.41, 5.74) is 7.39. The molecule has 2 N–H and O–H groups in total. The number of benzene rings is 1. The quantitative estimate of drug-likeness (QED) is 0.888. The van der Waals surface area contributed by atoms with Crippen molar-refractivity contribution >= 4 is 21.4 Å². The molecule has 1 aromatic heterocycles. The molecule has 6 heteroatoms. The van der Waals surface area contributed by atoms with Crippen LogP contribution in [0.4, 0.5) is 0 Å². The van der Waals surface area contributed by atoms with Crippen LogP contribution < -0.4 is 5.73 Å². The Balaban J connectivity index is 2.32. The molecule has 1 aromatic carbocycles. The Labute approximate surface area is 130 Å². The molecule has 114 valence electrons. The molecule has 4 nitrogen and oxygen atoms in total. The third-order valence-electron chi connectivity index (χ3n) is 3.19. The van der Waals surface area contributed by atoms with Gasteiger partial charge in [0.15, 0.2) is 0 Å². The summed E-state index contributed by atoms with van der Waals surface area (Å²) in [5, 5.41) is 1.80. The van der Waals surface area contributed by atoms with Crippen molar-refractivity contribution in [2.75, 3.05) is 0 Å². The fourth-order valence-electron chi connectivity index (χ4n) is 2.02. The minimum Gasteiger partial charge on any atom is -0.326 e. The van der Waals surface area contributed by atoms with E-state index in [2.05, 4.69) is 0 Å². The molecule has 0 atom stereocenters. The van der Waals surface area contributed by atoms with E-state index in [0.717, 1.165) is 11.1 Å². The topological polar surface area (TPSA) is 63.4 Å². The lowest BCUT2D eigenvalue weighted by atomic mass is 10.2. The Morgan fingerprint density at radius 1 is 1.19 bits per heavy atom. The number of rotatable bonds is 6. The van der Waals surface area contributed by atoms with Crippen molar-refractivity contribution in [3.05, 3.63) is 52.9 Å². The third kappa shape index (κ3) is 3.71. The van der Waals surface area contributed by atoms with Crippen LogP contribution in [0, 0.1) is 0 Å². The van der Waals surface area contributed by atoms with E-state index in [1.807, 2.05) is 44.2 Å². The average Bonchev–Trinajstić information content (AvgIpc) is 2.95. The van der Waals surface area contributed by atoms with E-state index in [1.165, 1.54) is 15.6 Å². The molecule has 0 fully saturated rings. The van der Waals surface area contributed by atoms with Crippen LogP contribution in [0.5, 0.6) is 0 Å². The number of nitrogens with two attached hydrogens (primary N) is 1. The largest absolute Gasteiger partial charge is 0.326 e. The van der Waals surface area contributed by atoms with E-state index in [1.54, 1.807) is 11.4 Å². The Morgan fingerprint density at radius 3 is 2.38 bits per heavy atom. The summed E-state index contributed by atoms with van der Waals surface area (Å²) in [7, 11) is -3.49. The number of sulfonamides is 1. The molecule has 1 heterocycles. The standard InChI is InChI=1S/C15H20N2O2S2/c1-12(2)17(10-13-6-4-3-5-7-13)21(18,19)15-8-14(9-16)11-20-15/h3-8,11-12H,9-10,16H2,1-2H3. The van der Waals surface area contributed by atoms with Crippen LogP contribution in [-0.4, -0.2) is 18.8 Å². The van der Waals surface area contributed by atoms with Gasteiger partial charge in [-0.2, -0.15) is 4.31 Å². The van der Waals surface area contributed by atoms with Gasteiger partial charge < -0.3 is 5.73 Å². The van der Waals surface area contributed by atoms with E-state index < -0.39 is 10.0 Å². The molecule has 0 unspecified atom stereocenters. The smallest absolute Gasteiger partial charge is 0.253 e. The monoisotopic (exact) mass is 324 g/mol. The van der Waals surface area contributed by atoms with Gasteiger partial charge in [0, 0.05) is 19.1 Å². The first-order chi connectivity index (χ1) is 9.95. The molecular weight excluding hydrogens is 304 g/mol. The molecule has 0 amide bonds. The van der Waals surface area contributed by atoms with Gasteiger partial charge in [0.25, 0.3) is 10.0 Å². The maximum Gasteiger partial charge on any atom is 0.253 e. The summed E-state index contributed by atoms with van der Waals surface area (Å²) in [6, 6.07) is 11.2. The van der Waals surface area contributed by atoms with Crippen molar-refractivity contribution < 1.29 is 8.42 Å². The molecule has 2 aromatic rings. The van der Waals surface area contributed by atoms with Crippen molar-refractivity contribution in [3.8, 4) is 0 Å². The maximum atomic E-state index is 12.8. The van der Waals surface area contributed by atoms with E-state index in [-0.39, 0.29) is 6.04 Å². The minimum atomic E-state index is -3.49. The van der Waals surface area contributed by atoms with Crippen LogP contribution in [0.15, 0.2) is 46.0 Å². The molecule has 0 aliphatic heterocycles. The highest BCUT2D eigenvalue weighted by atomic mass is 32.2. The van der Waals surface area contributed by atoms with Crippen LogP contribution in [0.3, 0.4) is 0 Å². The van der Waals surface area contributed by atoms with Crippen LogP contribution in [0.25, 0.3) is 0 Å². The van der Waals surface area contributed by atoms with Gasteiger partial charge in [-0.25, -0.2) is 8.42 Å². The van der Waals surface area contributed by atoms with E-state index >= 15 is 0 Å². The first kappa shape index (κ1) is 16.2. The highest BCUT2D eigenvalue weighted by Crippen LogP contribution is 2.26. The van der Waals surface area contributed by atoms with Crippen molar-refractivity contribution in [2.45, 2.75) is 37.2 Å². The zero-order valence-electron chi connectivity index (χ0n) is 12.2. The predicted octanol–water partition coefficient (Wildman–Crippen LogP) is 2.81. The molecule has 0 spiro atoms. The molecule has 0 bridgehead atoms. The number of nitrogens with zero attached hydrogens (tertiary/aromatic N) is 1. The van der Waals surface area contributed by atoms with Gasteiger partial charge >= 0.3 is 0 Å². The van der Waals surface area contributed by atoms with Gasteiger partial charge in [0.2, 0.25) is 0 Å². The van der Waals surface area contributed by atoms with Crippen molar-refractivity contribution in [1.29, 1.82) is 0 Å². The lowest BCUT2D eigenvalue weighted by Gasteiger charge is -2.25. The zero-order chi connectivity index (χ0) is 15.5. The zero-order valence-corrected chi connectivity index (χ0v) is 13.8. The third-order valence-corrected chi connectivity index (χ3v) is 6.67. The second-order valence-corrected chi connectivity index (χ2v) is 8.14. The summed E-state index contributed by atoms with van der Waals surface area (Å²) in [5.74, 6) is 0. The molecule has 0 saturated carbocycles. The summed E-state index contributed by atoms with van der Waals surface area (Å²) in [4.78, 5) is 0. The Kier molecular flexibility index (Phi) is 5.16. The predicted molar refractivity (Wildman–Crippen MR) is 86.5 cm³/mol. The SMILES string of the molecule is CC(C)N(Cc1ccccc1)S(=O)(=O)c1cc(CN)cs1. The van der Waals surface area contributed by atoms with Crippen LogP contribution in [0.2, 0.25) is 0 Å². The van der Waals surface area contributed by atoms with E-state index in [0.29, 0.717) is 17.3 Å². The van der Waals surface area contributed by atoms with Crippen molar-refractivity contribution in [3.63, 3.8) is 0 Å². The average molecular weight is 324 g/mol. The van der Waals surface area contributed by atoms with Crippen LogP contribution >= 0.6 is 11.3 Å². The molecule has 0 radical (unpaired) electrons. The molecule has 2 rings (SSSR count). The number of hydrogen-bond acceptors (Lipinski definition) is 4. The molecule has 0 saturated heterocycles. The lowest BCUT2D eigenvalue weighted by Crippen LogP contribution is -2.36. The molecule has 0 aliphatic rings. The number of thiophene rings is 1. The Morgan fingerprint density at radius 2 is 1.86 bits per heavy atom. The van der Waals surface area contributed by atoms with Gasteiger partial charge in [-0.05, 0) is 36.4 Å². The molecule has 21 heavy (non-hydrogen) atoms. The fourth-order valence-corrected chi connectivity index (χ4v) is 4.99. The van der Waals surface area contributed by atoms with Gasteiger partial charge in [-0.3, -0.25) is 0 Å².